The summed E-state index contributed by atoms with van der Waals surface area (Å²) in [7, 11) is 0. The van der Waals surface area contributed by atoms with Gasteiger partial charge in [-0.2, -0.15) is 5.10 Å². The van der Waals surface area contributed by atoms with Crippen LogP contribution in [0.2, 0.25) is 0 Å². The molecule has 0 amide bonds. The Labute approximate surface area is 183 Å². The highest BCUT2D eigenvalue weighted by molar-refractivity contribution is 7.13. The third-order valence-electron chi connectivity index (χ3n) is 5.78. The van der Waals surface area contributed by atoms with Crippen LogP contribution < -0.4 is 0 Å². The van der Waals surface area contributed by atoms with Crippen molar-refractivity contribution in [2.24, 2.45) is 0 Å². The molecule has 0 saturated carbocycles. The van der Waals surface area contributed by atoms with Crippen LogP contribution in [-0.2, 0) is 12.0 Å². The molecule has 4 aromatic rings. The van der Waals surface area contributed by atoms with Gasteiger partial charge in [0.15, 0.2) is 0 Å². The number of benzene rings is 2. The molecule has 30 heavy (non-hydrogen) atoms. The third kappa shape index (κ3) is 4.24. The standard InChI is InChI=1S/C26H29N3S/c1-18(2)20-6-8-21(9-7-20)24-15-29(28-19(24)3)16-26(4,5)23-12-10-22(11-13-23)25-14-27-17-30-25/h6-15,17-18H,16H2,1-5H3. The van der Waals surface area contributed by atoms with Gasteiger partial charge in [-0.05, 0) is 35.1 Å². The van der Waals surface area contributed by atoms with Crippen molar-refractivity contribution < 1.29 is 0 Å². The van der Waals surface area contributed by atoms with E-state index in [0.29, 0.717) is 5.92 Å². The maximum atomic E-state index is 4.82. The van der Waals surface area contributed by atoms with Crippen LogP contribution in [0.4, 0.5) is 0 Å². The van der Waals surface area contributed by atoms with E-state index in [9.17, 15) is 0 Å². The Kier molecular flexibility index (Phi) is 5.61. The van der Waals surface area contributed by atoms with E-state index in [1.54, 1.807) is 11.3 Å². The zero-order valence-corrected chi connectivity index (χ0v) is 19.2. The fourth-order valence-corrected chi connectivity index (χ4v) is 4.50. The SMILES string of the molecule is Cc1nn(CC(C)(C)c2ccc(-c3cncs3)cc2)cc1-c1ccc(C(C)C)cc1. The first kappa shape index (κ1) is 20.5. The van der Waals surface area contributed by atoms with Gasteiger partial charge >= 0.3 is 0 Å². The lowest BCUT2D eigenvalue weighted by molar-refractivity contribution is 0.407. The van der Waals surface area contributed by atoms with Gasteiger partial charge in [-0.1, -0.05) is 76.2 Å². The minimum absolute atomic E-state index is 0.0243. The van der Waals surface area contributed by atoms with E-state index >= 15 is 0 Å². The number of hydrogen-bond donors (Lipinski definition) is 0. The lowest BCUT2D eigenvalue weighted by atomic mass is 9.84. The van der Waals surface area contributed by atoms with Gasteiger partial charge in [-0.3, -0.25) is 9.67 Å². The van der Waals surface area contributed by atoms with Gasteiger partial charge in [0, 0.05) is 23.4 Å². The Morgan fingerprint density at radius 1 is 0.967 bits per heavy atom. The lowest BCUT2D eigenvalue weighted by Crippen LogP contribution is -2.24. The Hall–Kier alpha value is -2.72. The summed E-state index contributed by atoms with van der Waals surface area (Å²) in [5.74, 6) is 0.547. The fourth-order valence-electron chi connectivity index (χ4n) is 3.87. The molecule has 2 aromatic carbocycles. The summed E-state index contributed by atoms with van der Waals surface area (Å²) in [6.07, 6.45) is 4.11. The number of aryl methyl sites for hydroxylation is 1. The second-order valence-corrected chi connectivity index (χ2v) is 9.82. The number of aromatic nitrogens is 3. The van der Waals surface area contributed by atoms with Gasteiger partial charge in [0.25, 0.3) is 0 Å². The van der Waals surface area contributed by atoms with E-state index in [1.807, 2.05) is 11.7 Å². The smallest absolute Gasteiger partial charge is 0.0797 e. The predicted molar refractivity (Wildman–Crippen MR) is 127 cm³/mol. The van der Waals surface area contributed by atoms with Gasteiger partial charge in [0.05, 0.1) is 22.6 Å². The van der Waals surface area contributed by atoms with Crippen molar-refractivity contribution in [2.75, 3.05) is 0 Å². The monoisotopic (exact) mass is 415 g/mol. The molecule has 3 nitrogen and oxygen atoms in total. The highest BCUT2D eigenvalue weighted by Gasteiger charge is 2.23. The molecule has 0 aliphatic heterocycles. The first-order chi connectivity index (χ1) is 14.3. The molecule has 0 spiro atoms. The van der Waals surface area contributed by atoms with Crippen LogP contribution in [-0.4, -0.2) is 14.8 Å². The van der Waals surface area contributed by atoms with Crippen molar-refractivity contribution in [3.63, 3.8) is 0 Å². The topological polar surface area (TPSA) is 30.7 Å². The van der Waals surface area contributed by atoms with E-state index in [0.717, 1.165) is 12.2 Å². The molecule has 0 fully saturated rings. The maximum Gasteiger partial charge on any atom is 0.0797 e. The zero-order chi connectivity index (χ0) is 21.3. The van der Waals surface area contributed by atoms with Crippen molar-refractivity contribution in [3.8, 4) is 21.6 Å². The quantitative estimate of drug-likeness (QED) is 0.337. The summed E-state index contributed by atoms with van der Waals surface area (Å²) < 4.78 is 2.10. The molecule has 0 atom stereocenters. The van der Waals surface area contributed by atoms with Crippen LogP contribution >= 0.6 is 11.3 Å². The Bertz CT molecular complexity index is 1100. The zero-order valence-electron chi connectivity index (χ0n) is 18.4. The second kappa shape index (κ2) is 8.19. The molecular formula is C26H29N3S. The molecule has 0 unspecified atom stereocenters. The molecular weight excluding hydrogens is 386 g/mol. The van der Waals surface area contributed by atoms with Crippen molar-refractivity contribution in [3.05, 3.63) is 83.3 Å². The molecule has 4 rings (SSSR count). The molecule has 154 valence electrons. The van der Waals surface area contributed by atoms with Crippen molar-refractivity contribution in [2.45, 2.75) is 52.5 Å². The maximum absolute atomic E-state index is 4.82. The predicted octanol–water partition coefficient (Wildman–Crippen LogP) is 7.08. The molecule has 0 aliphatic carbocycles. The molecule has 0 radical (unpaired) electrons. The summed E-state index contributed by atoms with van der Waals surface area (Å²) in [6, 6.07) is 17.7. The first-order valence-corrected chi connectivity index (χ1v) is 11.4. The average Bonchev–Trinajstić information content (AvgIpc) is 3.38. The number of thiazole rings is 1. The molecule has 0 saturated heterocycles. The highest BCUT2D eigenvalue weighted by Crippen LogP contribution is 2.31. The van der Waals surface area contributed by atoms with Crippen LogP contribution in [0.25, 0.3) is 21.6 Å². The molecule has 4 heteroatoms. The van der Waals surface area contributed by atoms with Crippen molar-refractivity contribution in [1.29, 1.82) is 0 Å². The van der Waals surface area contributed by atoms with Gasteiger partial charge < -0.3 is 0 Å². The summed E-state index contributed by atoms with van der Waals surface area (Å²) in [5, 5.41) is 4.82. The van der Waals surface area contributed by atoms with E-state index < -0.39 is 0 Å². The highest BCUT2D eigenvalue weighted by atomic mass is 32.1. The van der Waals surface area contributed by atoms with Crippen LogP contribution in [0.3, 0.4) is 0 Å². The number of rotatable bonds is 6. The fraction of sp³-hybridized carbons (Fsp3) is 0.308. The molecule has 0 aliphatic rings. The lowest BCUT2D eigenvalue weighted by Gasteiger charge is -2.25. The second-order valence-electron chi connectivity index (χ2n) is 8.93. The Morgan fingerprint density at radius 2 is 1.63 bits per heavy atom. The Morgan fingerprint density at radius 3 is 2.23 bits per heavy atom. The van der Waals surface area contributed by atoms with Gasteiger partial charge in [0.1, 0.15) is 0 Å². The van der Waals surface area contributed by atoms with Crippen LogP contribution in [0, 0.1) is 6.92 Å². The van der Waals surface area contributed by atoms with Crippen LogP contribution in [0.15, 0.2) is 66.4 Å². The summed E-state index contributed by atoms with van der Waals surface area (Å²) >= 11 is 1.67. The van der Waals surface area contributed by atoms with Crippen molar-refractivity contribution >= 4 is 11.3 Å². The summed E-state index contributed by atoms with van der Waals surface area (Å²) in [4.78, 5) is 5.39. The van der Waals surface area contributed by atoms with E-state index in [1.165, 1.54) is 32.7 Å². The minimum atomic E-state index is -0.0243. The van der Waals surface area contributed by atoms with Gasteiger partial charge in [-0.15, -0.1) is 11.3 Å². The van der Waals surface area contributed by atoms with Crippen LogP contribution in [0.5, 0.6) is 0 Å². The largest absolute Gasteiger partial charge is 0.271 e. The van der Waals surface area contributed by atoms with Gasteiger partial charge in [-0.25, -0.2) is 0 Å². The first-order valence-electron chi connectivity index (χ1n) is 10.5. The van der Waals surface area contributed by atoms with E-state index in [4.69, 9.17) is 5.10 Å². The normalized spacial score (nSPS) is 11.9. The molecule has 2 aromatic heterocycles. The summed E-state index contributed by atoms with van der Waals surface area (Å²) in [5.41, 5.74) is 9.27. The molecule has 2 heterocycles. The average molecular weight is 416 g/mol. The molecule has 0 bridgehead atoms. The summed E-state index contributed by atoms with van der Waals surface area (Å²) in [6.45, 7) is 11.9. The van der Waals surface area contributed by atoms with Crippen LogP contribution in [0.1, 0.15) is 50.4 Å². The number of nitrogens with zero attached hydrogens (tertiary/aromatic N) is 3. The minimum Gasteiger partial charge on any atom is -0.271 e. The Balaban J connectivity index is 1.54. The molecule has 0 N–H and O–H groups in total. The third-order valence-corrected chi connectivity index (χ3v) is 6.60. The number of hydrogen-bond acceptors (Lipinski definition) is 3. The van der Waals surface area contributed by atoms with Crippen molar-refractivity contribution in [1.82, 2.24) is 14.8 Å². The van der Waals surface area contributed by atoms with E-state index in [2.05, 4.69) is 99.0 Å². The van der Waals surface area contributed by atoms with Gasteiger partial charge in [0.2, 0.25) is 0 Å². The van der Waals surface area contributed by atoms with E-state index in [-0.39, 0.29) is 5.41 Å².